The lowest BCUT2D eigenvalue weighted by Gasteiger charge is -2.17. The number of anilines is 1. The third-order valence-electron chi connectivity index (χ3n) is 3.81. The molecule has 108 valence electrons. The molecule has 0 spiro atoms. The van der Waals surface area contributed by atoms with Gasteiger partial charge >= 0.3 is 5.97 Å². The number of aromatic carboxylic acids is 1. The highest BCUT2D eigenvalue weighted by Crippen LogP contribution is 2.29. The monoisotopic (exact) mass is 283 g/mol. The van der Waals surface area contributed by atoms with E-state index in [2.05, 4.69) is 12.1 Å². The van der Waals surface area contributed by atoms with Crippen LogP contribution in [0.5, 0.6) is 11.5 Å². The molecule has 0 aliphatic heterocycles. The summed E-state index contributed by atoms with van der Waals surface area (Å²) in [5.41, 5.74) is 8.76. The Hall–Kier alpha value is -2.49. The van der Waals surface area contributed by atoms with Crippen LogP contribution in [0.2, 0.25) is 0 Å². The van der Waals surface area contributed by atoms with Crippen LogP contribution in [0.3, 0.4) is 0 Å². The standard InChI is InChI=1S/C17H17NO3/c18-16-10-14(7-8-15(16)17(19)20)21-13-6-5-11-3-1-2-4-12(11)9-13/h5-10H,1-4,18H2,(H,19,20). The van der Waals surface area contributed by atoms with Gasteiger partial charge in [-0.3, -0.25) is 0 Å². The first-order valence-electron chi connectivity index (χ1n) is 7.06. The van der Waals surface area contributed by atoms with Gasteiger partial charge in [0.05, 0.1) is 5.56 Å². The van der Waals surface area contributed by atoms with Gasteiger partial charge in [0.15, 0.2) is 0 Å². The summed E-state index contributed by atoms with van der Waals surface area (Å²) in [7, 11) is 0. The normalized spacial score (nSPS) is 13.5. The molecule has 21 heavy (non-hydrogen) atoms. The van der Waals surface area contributed by atoms with Crippen molar-refractivity contribution in [2.45, 2.75) is 25.7 Å². The van der Waals surface area contributed by atoms with Crippen LogP contribution >= 0.6 is 0 Å². The van der Waals surface area contributed by atoms with Crippen LogP contribution in [0.4, 0.5) is 5.69 Å². The van der Waals surface area contributed by atoms with E-state index in [-0.39, 0.29) is 11.3 Å². The minimum Gasteiger partial charge on any atom is -0.478 e. The van der Waals surface area contributed by atoms with Crippen molar-refractivity contribution in [1.29, 1.82) is 0 Å². The number of hydrogen-bond donors (Lipinski definition) is 2. The van der Waals surface area contributed by atoms with Gasteiger partial charge in [-0.15, -0.1) is 0 Å². The second-order valence-corrected chi connectivity index (χ2v) is 5.29. The number of nitrogens with two attached hydrogens (primary N) is 1. The van der Waals surface area contributed by atoms with Gasteiger partial charge in [0, 0.05) is 11.8 Å². The molecule has 0 radical (unpaired) electrons. The van der Waals surface area contributed by atoms with E-state index in [4.69, 9.17) is 15.6 Å². The molecule has 4 nitrogen and oxygen atoms in total. The number of carbonyl (C=O) groups is 1. The zero-order valence-electron chi connectivity index (χ0n) is 11.6. The Morgan fingerprint density at radius 2 is 1.67 bits per heavy atom. The number of benzene rings is 2. The quantitative estimate of drug-likeness (QED) is 0.843. The molecule has 0 fully saturated rings. The fourth-order valence-electron chi connectivity index (χ4n) is 2.71. The van der Waals surface area contributed by atoms with Crippen LogP contribution in [-0.2, 0) is 12.8 Å². The largest absolute Gasteiger partial charge is 0.478 e. The molecule has 0 heterocycles. The zero-order valence-corrected chi connectivity index (χ0v) is 11.6. The molecule has 2 aromatic carbocycles. The summed E-state index contributed by atoms with van der Waals surface area (Å²) in [5, 5.41) is 8.96. The van der Waals surface area contributed by atoms with Gasteiger partial charge in [-0.25, -0.2) is 4.79 Å². The molecule has 3 rings (SSSR count). The SMILES string of the molecule is Nc1cc(Oc2ccc3c(c2)CCCC3)ccc1C(=O)O. The molecule has 3 N–H and O–H groups in total. The lowest BCUT2D eigenvalue weighted by molar-refractivity contribution is 0.0698. The molecule has 0 amide bonds. The summed E-state index contributed by atoms with van der Waals surface area (Å²) in [4.78, 5) is 10.9. The van der Waals surface area contributed by atoms with Crippen molar-refractivity contribution in [3.8, 4) is 11.5 Å². The van der Waals surface area contributed by atoms with Crippen molar-refractivity contribution in [1.82, 2.24) is 0 Å². The maximum atomic E-state index is 10.9. The van der Waals surface area contributed by atoms with Gasteiger partial charge in [-0.05, 0) is 61.1 Å². The van der Waals surface area contributed by atoms with Crippen molar-refractivity contribution in [3.63, 3.8) is 0 Å². The van der Waals surface area contributed by atoms with Crippen LogP contribution in [0.25, 0.3) is 0 Å². The fraction of sp³-hybridized carbons (Fsp3) is 0.235. The number of carboxylic acids is 1. The maximum absolute atomic E-state index is 10.9. The highest BCUT2D eigenvalue weighted by Gasteiger charge is 2.12. The van der Waals surface area contributed by atoms with E-state index in [0.29, 0.717) is 5.75 Å². The molecule has 0 aromatic heterocycles. The Bertz CT molecular complexity index is 694. The Labute approximate surface area is 123 Å². The van der Waals surface area contributed by atoms with Crippen molar-refractivity contribution < 1.29 is 14.6 Å². The minimum absolute atomic E-state index is 0.0905. The third kappa shape index (κ3) is 2.84. The molecular weight excluding hydrogens is 266 g/mol. The van der Waals surface area contributed by atoms with E-state index in [0.717, 1.165) is 18.6 Å². The Kier molecular flexibility index (Phi) is 3.52. The smallest absolute Gasteiger partial charge is 0.337 e. The molecule has 1 aliphatic rings. The van der Waals surface area contributed by atoms with Crippen molar-refractivity contribution in [2.75, 3.05) is 5.73 Å². The fourth-order valence-corrected chi connectivity index (χ4v) is 2.71. The van der Waals surface area contributed by atoms with Gasteiger partial charge < -0.3 is 15.6 Å². The first kappa shape index (κ1) is 13.5. The molecule has 2 aromatic rings. The summed E-state index contributed by atoms with van der Waals surface area (Å²) in [6, 6.07) is 10.8. The van der Waals surface area contributed by atoms with Crippen LogP contribution in [0, 0.1) is 0 Å². The van der Waals surface area contributed by atoms with Crippen LogP contribution < -0.4 is 10.5 Å². The zero-order chi connectivity index (χ0) is 14.8. The number of fused-ring (bicyclic) bond motifs is 1. The van der Waals surface area contributed by atoms with Crippen LogP contribution in [0.15, 0.2) is 36.4 Å². The highest BCUT2D eigenvalue weighted by atomic mass is 16.5. The molecule has 0 unspecified atom stereocenters. The molecule has 4 heteroatoms. The number of hydrogen-bond acceptors (Lipinski definition) is 3. The second-order valence-electron chi connectivity index (χ2n) is 5.29. The molecule has 0 bridgehead atoms. The number of nitrogen functional groups attached to an aromatic ring is 1. The average Bonchev–Trinajstić information content (AvgIpc) is 2.47. The molecule has 0 saturated heterocycles. The molecule has 0 atom stereocenters. The van der Waals surface area contributed by atoms with Gasteiger partial charge in [0.2, 0.25) is 0 Å². The summed E-state index contributed by atoms with van der Waals surface area (Å²) < 4.78 is 5.79. The minimum atomic E-state index is -1.03. The summed E-state index contributed by atoms with van der Waals surface area (Å²) in [5.74, 6) is 0.277. The Morgan fingerprint density at radius 1 is 1.00 bits per heavy atom. The summed E-state index contributed by atoms with van der Waals surface area (Å²) in [6.45, 7) is 0. The first-order valence-corrected chi connectivity index (χ1v) is 7.06. The van der Waals surface area contributed by atoms with E-state index < -0.39 is 5.97 Å². The van der Waals surface area contributed by atoms with Gasteiger partial charge in [0.1, 0.15) is 11.5 Å². The predicted octanol–water partition coefficient (Wildman–Crippen LogP) is 3.64. The first-order chi connectivity index (χ1) is 10.1. The van der Waals surface area contributed by atoms with Gasteiger partial charge in [-0.1, -0.05) is 6.07 Å². The lowest BCUT2D eigenvalue weighted by atomic mass is 9.92. The average molecular weight is 283 g/mol. The van der Waals surface area contributed by atoms with E-state index in [1.165, 1.54) is 30.0 Å². The van der Waals surface area contributed by atoms with E-state index in [1.54, 1.807) is 12.1 Å². The number of rotatable bonds is 3. The number of carboxylic acid groups (broad SMARTS) is 1. The van der Waals surface area contributed by atoms with Gasteiger partial charge in [0.25, 0.3) is 0 Å². The topological polar surface area (TPSA) is 72.5 Å². The van der Waals surface area contributed by atoms with Crippen LogP contribution in [-0.4, -0.2) is 11.1 Å². The molecule has 1 aliphatic carbocycles. The predicted molar refractivity (Wildman–Crippen MR) is 81.0 cm³/mol. The van der Waals surface area contributed by atoms with E-state index in [1.807, 2.05) is 6.07 Å². The second kappa shape index (κ2) is 5.48. The van der Waals surface area contributed by atoms with Crippen molar-refractivity contribution >= 4 is 11.7 Å². The van der Waals surface area contributed by atoms with Crippen LogP contribution in [0.1, 0.15) is 34.3 Å². The third-order valence-corrected chi connectivity index (χ3v) is 3.81. The number of aryl methyl sites for hydroxylation is 2. The highest BCUT2D eigenvalue weighted by molar-refractivity contribution is 5.93. The molecule has 0 saturated carbocycles. The van der Waals surface area contributed by atoms with Gasteiger partial charge in [-0.2, -0.15) is 0 Å². The Morgan fingerprint density at radius 3 is 2.38 bits per heavy atom. The molecular formula is C17H17NO3. The lowest BCUT2D eigenvalue weighted by Crippen LogP contribution is -2.03. The van der Waals surface area contributed by atoms with Crippen molar-refractivity contribution in [3.05, 3.63) is 53.1 Å². The summed E-state index contributed by atoms with van der Waals surface area (Å²) in [6.07, 6.45) is 4.69. The maximum Gasteiger partial charge on any atom is 0.337 e. The van der Waals surface area contributed by atoms with E-state index in [9.17, 15) is 4.79 Å². The Balaban J connectivity index is 1.83. The number of ether oxygens (including phenoxy) is 1. The van der Waals surface area contributed by atoms with Crippen molar-refractivity contribution in [2.24, 2.45) is 0 Å². The van der Waals surface area contributed by atoms with E-state index >= 15 is 0 Å². The summed E-state index contributed by atoms with van der Waals surface area (Å²) >= 11 is 0.